The molecule has 2 heterocycles. The van der Waals surface area contributed by atoms with Crippen molar-refractivity contribution in [3.8, 4) is 0 Å². The molecule has 0 aliphatic rings. The largest absolute Gasteiger partial charge is 0.459 e. The van der Waals surface area contributed by atoms with Gasteiger partial charge in [-0.1, -0.05) is 0 Å². The van der Waals surface area contributed by atoms with Gasteiger partial charge in [0.15, 0.2) is 0 Å². The normalized spacial score (nSPS) is 14.4. The van der Waals surface area contributed by atoms with E-state index in [1.807, 2.05) is 0 Å². The molecule has 6 nitrogen and oxygen atoms in total. The Morgan fingerprint density at radius 1 is 0.391 bits per heavy atom. The molecule has 20 heteroatoms. The zero-order chi connectivity index (χ0) is 34.7. The van der Waals surface area contributed by atoms with Crippen molar-refractivity contribution < 1.29 is 61.5 Å². The lowest BCUT2D eigenvalue weighted by atomic mass is 10.00. The fourth-order valence-corrected chi connectivity index (χ4v) is 4.87. The molecule has 0 aliphatic carbocycles. The number of hydrogen-bond donors (Lipinski definition) is 0. The summed E-state index contributed by atoms with van der Waals surface area (Å²) in [6.07, 6.45) is -13.5. The third-order valence-electron chi connectivity index (χ3n) is 7.31. The molecule has 0 spiro atoms. The summed E-state index contributed by atoms with van der Waals surface area (Å²) in [5, 5.41) is -3.00. The van der Waals surface area contributed by atoms with Crippen LogP contribution in [0.3, 0.4) is 0 Å². The van der Waals surface area contributed by atoms with Gasteiger partial charge in [-0.3, -0.25) is 28.3 Å². The molecule has 0 saturated heterocycles. The van der Waals surface area contributed by atoms with Crippen LogP contribution in [0.5, 0.6) is 0 Å². The summed E-state index contributed by atoms with van der Waals surface area (Å²) in [5.41, 5.74) is -6.66. The summed E-state index contributed by atoms with van der Waals surface area (Å²) in [6, 6.07) is 5.66. The Labute approximate surface area is 241 Å². The molecule has 0 radical (unpaired) electrons. The van der Waals surface area contributed by atoms with Crippen molar-refractivity contribution in [1.29, 1.82) is 0 Å². The van der Waals surface area contributed by atoms with Gasteiger partial charge in [-0.25, -0.2) is 0 Å². The van der Waals surface area contributed by atoms with Crippen molar-refractivity contribution in [2.75, 3.05) is 0 Å². The van der Waals surface area contributed by atoms with Crippen molar-refractivity contribution in [3.63, 3.8) is 0 Å². The number of hydrogen-bond acceptors (Lipinski definition) is 4. The molecule has 46 heavy (non-hydrogen) atoms. The van der Waals surface area contributed by atoms with E-state index in [2.05, 4.69) is 0 Å². The molecule has 0 unspecified atom stereocenters. The Bertz CT molecular complexity index is 2010. The number of benzene rings is 3. The van der Waals surface area contributed by atoms with Crippen LogP contribution >= 0.6 is 0 Å². The van der Waals surface area contributed by atoms with Crippen LogP contribution in [-0.4, -0.2) is 45.2 Å². The predicted octanol–water partition coefficient (Wildman–Crippen LogP) is 5.88. The number of nitrogens with zero attached hydrogens (tertiary/aromatic N) is 2. The molecule has 0 amide bonds. The molecule has 0 atom stereocenters. The maximum absolute atomic E-state index is 14.0. The van der Waals surface area contributed by atoms with Crippen LogP contribution in [0.25, 0.3) is 43.1 Å². The first-order valence-electron chi connectivity index (χ1n) is 12.2. The van der Waals surface area contributed by atoms with Crippen molar-refractivity contribution in [1.82, 2.24) is 9.13 Å². The van der Waals surface area contributed by atoms with Gasteiger partial charge in [0.05, 0.1) is 34.6 Å². The van der Waals surface area contributed by atoms with Crippen LogP contribution in [0, 0.1) is 0 Å². The Morgan fingerprint density at radius 3 is 0.804 bits per heavy atom. The molecule has 3 aromatic carbocycles. The van der Waals surface area contributed by atoms with E-state index < -0.39 is 102 Å². The lowest BCUT2D eigenvalue weighted by Crippen LogP contribution is -2.55. The van der Waals surface area contributed by atoms with Gasteiger partial charge in [0, 0.05) is 0 Å². The van der Waals surface area contributed by atoms with Gasteiger partial charge in [-0.05, 0) is 57.9 Å². The molecule has 0 aliphatic heterocycles. The average Bonchev–Trinajstić information content (AvgIpc) is 3.27. The molecular formula is C26H10F14N2O4. The van der Waals surface area contributed by atoms with E-state index in [1.54, 1.807) is 0 Å². The fraction of sp³-hybridized carbons (Fsp3) is 0.308. The first-order chi connectivity index (χ1) is 20.7. The lowest BCUT2D eigenvalue weighted by molar-refractivity contribution is -0.357. The van der Waals surface area contributed by atoms with Crippen molar-refractivity contribution in [3.05, 3.63) is 77.8 Å². The van der Waals surface area contributed by atoms with Crippen molar-refractivity contribution in [2.24, 2.45) is 0 Å². The second-order valence-electron chi connectivity index (χ2n) is 10.3. The van der Waals surface area contributed by atoms with Crippen LogP contribution in [0.2, 0.25) is 0 Å². The highest BCUT2D eigenvalue weighted by Gasteiger charge is 2.74. The minimum Gasteiger partial charge on any atom is -0.269 e. The third kappa shape index (κ3) is 4.54. The Hall–Kier alpha value is -4.52. The summed E-state index contributed by atoms with van der Waals surface area (Å²) >= 11 is 0. The van der Waals surface area contributed by atoms with Gasteiger partial charge in [0.2, 0.25) is 0 Å². The zero-order valence-corrected chi connectivity index (χ0v) is 21.7. The van der Waals surface area contributed by atoms with E-state index in [9.17, 15) is 80.6 Å². The zero-order valence-electron chi connectivity index (χ0n) is 21.7. The second kappa shape index (κ2) is 9.50. The van der Waals surface area contributed by atoms with Crippen LogP contribution < -0.4 is 22.2 Å². The summed E-state index contributed by atoms with van der Waals surface area (Å²) in [4.78, 5) is 50.6. The van der Waals surface area contributed by atoms with Gasteiger partial charge in [-0.2, -0.15) is 61.5 Å². The molecular weight excluding hydrogens is 670 g/mol. The SMILES string of the molecule is O=c1c2cc3cc4cc5c(=O)n(CC(F)(F)C(F)(F)C(F)(F)F)c(=O)c5cc4cc3cc2c(=O)n1CC(F)(F)C(F)(F)C(F)(F)F. The topological polar surface area (TPSA) is 78.1 Å². The van der Waals surface area contributed by atoms with E-state index in [-0.39, 0.29) is 21.5 Å². The van der Waals surface area contributed by atoms with E-state index in [1.165, 1.54) is 0 Å². The Morgan fingerprint density at radius 2 is 0.609 bits per heavy atom. The Kier molecular flexibility index (Phi) is 6.79. The first-order valence-corrected chi connectivity index (χ1v) is 12.2. The standard InChI is InChI=1S/C26H10F14N2O4/c27-21(28,23(31,32)25(35,36)37)7-41-17(43)13-3-9-1-10-4-14-16(6-12(10)2-11(9)5-15(13)19(41)45)20(46)42(18(14)44)8-22(29,30)24(33,34)26(38,39)40/h1-6H,7-8H2. The van der Waals surface area contributed by atoms with Crippen LogP contribution in [0.4, 0.5) is 61.5 Å². The summed E-state index contributed by atoms with van der Waals surface area (Å²) in [7, 11) is 0. The quantitative estimate of drug-likeness (QED) is 0.166. The van der Waals surface area contributed by atoms with Crippen LogP contribution in [0.1, 0.15) is 0 Å². The molecule has 246 valence electrons. The lowest BCUT2D eigenvalue weighted by Gasteiger charge is -2.27. The van der Waals surface area contributed by atoms with Gasteiger partial charge < -0.3 is 0 Å². The second-order valence-corrected chi connectivity index (χ2v) is 10.3. The monoisotopic (exact) mass is 680 g/mol. The van der Waals surface area contributed by atoms with Crippen molar-refractivity contribution >= 4 is 43.1 Å². The fourth-order valence-electron chi connectivity index (χ4n) is 4.87. The minimum atomic E-state index is -6.74. The third-order valence-corrected chi connectivity index (χ3v) is 7.31. The summed E-state index contributed by atoms with van der Waals surface area (Å²) < 4.78 is 184. The number of aromatic nitrogens is 2. The van der Waals surface area contributed by atoms with Gasteiger partial charge in [-0.15, -0.1) is 0 Å². The molecule has 0 saturated carbocycles. The predicted molar refractivity (Wildman–Crippen MR) is 132 cm³/mol. The number of halogens is 14. The van der Waals surface area contributed by atoms with E-state index in [4.69, 9.17) is 0 Å². The summed E-state index contributed by atoms with van der Waals surface area (Å²) in [6.45, 7) is -5.29. The van der Waals surface area contributed by atoms with Crippen LogP contribution in [0.15, 0.2) is 55.6 Å². The van der Waals surface area contributed by atoms with E-state index in [0.717, 1.165) is 36.4 Å². The smallest absolute Gasteiger partial charge is 0.269 e. The van der Waals surface area contributed by atoms with Gasteiger partial charge in [0.25, 0.3) is 22.2 Å². The van der Waals surface area contributed by atoms with E-state index >= 15 is 0 Å². The maximum atomic E-state index is 14.0. The molecule has 0 bridgehead atoms. The summed E-state index contributed by atoms with van der Waals surface area (Å²) in [5.74, 6) is -25.1. The van der Waals surface area contributed by atoms with Gasteiger partial charge >= 0.3 is 36.0 Å². The highest BCUT2D eigenvalue weighted by Crippen LogP contribution is 2.48. The number of rotatable bonds is 6. The average molecular weight is 680 g/mol. The van der Waals surface area contributed by atoms with Gasteiger partial charge in [0.1, 0.15) is 0 Å². The molecule has 0 N–H and O–H groups in total. The van der Waals surface area contributed by atoms with Crippen LogP contribution in [-0.2, 0) is 13.1 Å². The Balaban J connectivity index is 1.65. The first kappa shape index (κ1) is 32.9. The molecule has 0 fully saturated rings. The highest BCUT2D eigenvalue weighted by atomic mass is 19.4. The number of fused-ring (bicyclic) bond motifs is 4. The highest BCUT2D eigenvalue weighted by molar-refractivity contribution is 6.08. The van der Waals surface area contributed by atoms with E-state index in [0.29, 0.717) is 0 Å². The number of alkyl halides is 14. The van der Waals surface area contributed by atoms with Crippen molar-refractivity contribution in [2.45, 2.75) is 49.1 Å². The maximum Gasteiger partial charge on any atom is 0.459 e. The minimum absolute atomic E-state index is 0.0495. The molecule has 5 aromatic rings. The molecule has 2 aromatic heterocycles. The molecule has 5 rings (SSSR count).